The zero-order valence-electron chi connectivity index (χ0n) is 15.1. The third-order valence-corrected chi connectivity index (χ3v) is 5.89. The molecule has 0 radical (unpaired) electrons. The number of amides is 1. The molecule has 3 aromatic rings. The summed E-state index contributed by atoms with van der Waals surface area (Å²) < 4.78 is 0. The van der Waals surface area contributed by atoms with E-state index >= 15 is 0 Å². The fourth-order valence-electron chi connectivity index (χ4n) is 3.14. The minimum absolute atomic E-state index is 0.0590. The first-order valence-electron chi connectivity index (χ1n) is 8.98. The maximum absolute atomic E-state index is 12.6. The first-order chi connectivity index (χ1) is 13.6. The zero-order chi connectivity index (χ0) is 19.5. The van der Waals surface area contributed by atoms with Crippen LogP contribution in [0, 0.1) is 0 Å². The lowest BCUT2D eigenvalue weighted by atomic mass is 10.1. The van der Waals surface area contributed by atoms with E-state index in [1.807, 2.05) is 24.3 Å². The van der Waals surface area contributed by atoms with Crippen molar-refractivity contribution in [2.24, 2.45) is 0 Å². The summed E-state index contributed by atoms with van der Waals surface area (Å²) in [7, 11) is 0. The average Bonchev–Trinajstić information content (AvgIpc) is 3.18. The molecule has 144 valence electrons. The molecule has 0 aliphatic carbocycles. The number of phenols is 1. The molecule has 1 aliphatic rings. The molecule has 1 amide bonds. The monoisotopic (exact) mass is 414 g/mol. The van der Waals surface area contributed by atoms with Gasteiger partial charge in [-0.2, -0.15) is 0 Å². The van der Waals surface area contributed by atoms with Crippen molar-refractivity contribution in [2.75, 3.05) is 31.1 Å². The summed E-state index contributed by atoms with van der Waals surface area (Å²) in [5.41, 5.74) is 1.66. The molecule has 6 nitrogen and oxygen atoms in total. The lowest BCUT2D eigenvalue weighted by molar-refractivity contribution is 0.0746. The molecule has 4 rings (SSSR count). The molecular formula is C20H19ClN4O2S. The lowest BCUT2D eigenvalue weighted by Gasteiger charge is -2.34. The van der Waals surface area contributed by atoms with Crippen LogP contribution < -0.4 is 4.90 Å². The third kappa shape index (κ3) is 4.26. The zero-order valence-corrected chi connectivity index (χ0v) is 16.7. The molecule has 1 aromatic heterocycles. The Balaban J connectivity index is 1.35. The Morgan fingerprint density at radius 3 is 2.54 bits per heavy atom. The Labute approximate surface area is 172 Å². The quantitative estimate of drug-likeness (QED) is 0.708. The standard InChI is InChI=1S/C20H19ClN4O2S/c21-16-6-4-14(5-7-16)12-18-22-23-20(28-18)25-10-8-24(9-11-25)19(27)15-2-1-3-17(26)13-15/h1-7,13,26H,8-12H2. The minimum Gasteiger partial charge on any atom is -0.508 e. The van der Waals surface area contributed by atoms with Crippen LogP contribution in [0.2, 0.25) is 5.02 Å². The van der Waals surface area contributed by atoms with Crippen LogP contribution in [0.3, 0.4) is 0 Å². The predicted molar refractivity (Wildman–Crippen MR) is 110 cm³/mol. The molecule has 0 saturated carbocycles. The summed E-state index contributed by atoms with van der Waals surface area (Å²) in [6, 6.07) is 14.2. The topological polar surface area (TPSA) is 69.6 Å². The van der Waals surface area contributed by atoms with E-state index in [2.05, 4.69) is 15.1 Å². The third-order valence-electron chi connectivity index (χ3n) is 4.66. The highest BCUT2D eigenvalue weighted by Crippen LogP contribution is 2.24. The largest absolute Gasteiger partial charge is 0.508 e. The summed E-state index contributed by atoms with van der Waals surface area (Å²) in [4.78, 5) is 16.6. The van der Waals surface area contributed by atoms with Crippen molar-refractivity contribution in [3.63, 3.8) is 0 Å². The first kappa shape index (κ1) is 18.7. The lowest BCUT2D eigenvalue weighted by Crippen LogP contribution is -2.48. The molecule has 1 N–H and O–H groups in total. The number of piperazine rings is 1. The Hall–Kier alpha value is -2.64. The highest BCUT2D eigenvalue weighted by Gasteiger charge is 2.24. The number of rotatable bonds is 4. The van der Waals surface area contributed by atoms with Gasteiger partial charge in [-0.05, 0) is 35.9 Å². The van der Waals surface area contributed by atoms with Crippen molar-refractivity contribution in [3.8, 4) is 5.75 Å². The molecule has 0 atom stereocenters. The number of hydrogen-bond donors (Lipinski definition) is 1. The van der Waals surface area contributed by atoms with E-state index in [4.69, 9.17) is 11.6 Å². The van der Waals surface area contributed by atoms with Crippen molar-refractivity contribution < 1.29 is 9.90 Å². The van der Waals surface area contributed by atoms with E-state index in [1.165, 1.54) is 6.07 Å². The maximum atomic E-state index is 12.6. The number of halogens is 1. The van der Waals surface area contributed by atoms with Crippen molar-refractivity contribution in [2.45, 2.75) is 6.42 Å². The van der Waals surface area contributed by atoms with E-state index in [0.717, 1.165) is 27.1 Å². The van der Waals surface area contributed by atoms with Crippen LogP contribution >= 0.6 is 22.9 Å². The Morgan fingerprint density at radius 1 is 1.07 bits per heavy atom. The second kappa shape index (κ2) is 8.16. The van der Waals surface area contributed by atoms with Crippen LogP contribution in [0.15, 0.2) is 48.5 Å². The second-order valence-electron chi connectivity index (χ2n) is 6.61. The molecule has 2 heterocycles. The molecule has 0 unspecified atom stereocenters. The Morgan fingerprint density at radius 2 is 1.82 bits per heavy atom. The summed E-state index contributed by atoms with van der Waals surface area (Å²) in [6.07, 6.45) is 0.727. The van der Waals surface area contributed by atoms with Crippen LogP contribution in [0.5, 0.6) is 5.75 Å². The van der Waals surface area contributed by atoms with Crippen LogP contribution in [-0.4, -0.2) is 52.3 Å². The van der Waals surface area contributed by atoms with Crippen LogP contribution in [0.1, 0.15) is 20.9 Å². The van der Waals surface area contributed by atoms with Crippen LogP contribution in [0.25, 0.3) is 0 Å². The van der Waals surface area contributed by atoms with Crippen molar-refractivity contribution in [1.82, 2.24) is 15.1 Å². The van der Waals surface area contributed by atoms with Gasteiger partial charge in [-0.3, -0.25) is 4.79 Å². The number of aromatic hydroxyl groups is 1. The van der Waals surface area contributed by atoms with Gasteiger partial charge in [-0.1, -0.05) is 41.1 Å². The molecule has 2 aromatic carbocycles. The van der Waals surface area contributed by atoms with E-state index in [-0.39, 0.29) is 11.7 Å². The van der Waals surface area contributed by atoms with Crippen LogP contribution in [-0.2, 0) is 6.42 Å². The fraction of sp³-hybridized carbons (Fsp3) is 0.250. The fourth-order valence-corrected chi connectivity index (χ4v) is 4.19. The molecule has 8 heteroatoms. The molecule has 0 bridgehead atoms. The van der Waals surface area contributed by atoms with Crippen molar-refractivity contribution in [1.29, 1.82) is 0 Å². The molecule has 1 fully saturated rings. The predicted octanol–water partition coefficient (Wildman–Crippen LogP) is 3.45. The number of hydrogen-bond acceptors (Lipinski definition) is 6. The van der Waals surface area contributed by atoms with Crippen molar-refractivity contribution in [3.05, 3.63) is 69.7 Å². The summed E-state index contributed by atoms with van der Waals surface area (Å²) in [5, 5.41) is 20.8. The van der Waals surface area contributed by atoms with Gasteiger partial charge in [0.05, 0.1) is 0 Å². The van der Waals surface area contributed by atoms with E-state index in [1.54, 1.807) is 34.4 Å². The van der Waals surface area contributed by atoms with Gasteiger partial charge in [-0.15, -0.1) is 10.2 Å². The second-order valence-corrected chi connectivity index (χ2v) is 8.09. The van der Waals surface area contributed by atoms with Gasteiger partial charge in [-0.25, -0.2) is 0 Å². The highest BCUT2D eigenvalue weighted by molar-refractivity contribution is 7.15. The van der Waals surface area contributed by atoms with E-state index in [9.17, 15) is 9.90 Å². The molecule has 0 spiro atoms. The number of carbonyl (C=O) groups is 1. The molecule has 1 aliphatic heterocycles. The average molecular weight is 415 g/mol. The number of phenolic OH excluding ortho intramolecular Hbond substituents is 1. The normalized spacial score (nSPS) is 14.3. The van der Waals surface area contributed by atoms with Gasteiger partial charge in [0.2, 0.25) is 5.13 Å². The number of benzene rings is 2. The van der Waals surface area contributed by atoms with Gasteiger partial charge >= 0.3 is 0 Å². The van der Waals surface area contributed by atoms with Gasteiger partial charge in [0.15, 0.2) is 0 Å². The Bertz CT molecular complexity index is 968. The molecule has 1 saturated heterocycles. The number of nitrogens with zero attached hydrogens (tertiary/aromatic N) is 4. The van der Waals surface area contributed by atoms with Gasteiger partial charge in [0, 0.05) is 43.2 Å². The van der Waals surface area contributed by atoms with Gasteiger partial charge in [0.25, 0.3) is 5.91 Å². The smallest absolute Gasteiger partial charge is 0.254 e. The van der Waals surface area contributed by atoms with E-state index < -0.39 is 0 Å². The summed E-state index contributed by atoms with van der Waals surface area (Å²) >= 11 is 7.51. The first-order valence-corrected chi connectivity index (χ1v) is 10.2. The molecular weight excluding hydrogens is 396 g/mol. The Kier molecular flexibility index (Phi) is 5.45. The summed E-state index contributed by atoms with van der Waals surface area (Å²) in [6.45, 7) is 2.64. The van der Waals surface area contributed by atoms with E-state index in [0.29, 0.717) is 31.7 Å². The van der Waals surface area contributed by atoms with Gasteiger partial charge < -0.3 is 14.9 Å². The minimum atomic E-state index is -0.0590. The SMILES string of the molecule is O=C(c1cccc(O)c1)N1CCN(c2nnc(Cc3ccc(Cl)cc3)s2)CC1. The van der Waals surface area contributed by atoms with Crippen molar-refractivity contribution >= 4 is 34.0 Å². The highest BCUT2D eigenvalue weighted by atomic mass is 35.5. The number of carbonyl (C=O) groups excluding carboxylic acids is 1. The summed E-state index contributed by atoms with van der Waals surface area (Å²) in [5.74, 6) is 0.0443. The number of anilines is 1. The van der Waals surface area contributed by atoms with Crippen LogP contribution in [0.4, 0.5) is 5.13 Å². The number of aromatic nitrogens is 2. The molecule has 28 heavy (non-hydrogen) atoms. The maximum Gasteiger partial charge on any atom is 0.254 e. The van der Waals surface area contributed by atoms with Gasteiger partial charge in [0.1, 0.15) is 10.8 Å².